The molecule has 0 radical (unpaired) electrons. The van der Waals surface area contributed by atoms with Crippen LogP contribution in [0.3, 0.4) is 0 Å². The van der Waals surface area contributed by atoms with Gasteiger partial charge in [-0.1, -0.05) is 48.5 Å². The van der Waals surface area contributed by atoms with Crippen molar-refractivity contribution >= 4 is 11.6 Å². The van der Waals surface area contributed by atoms with Gasteiger partial charge in [-0.05, 0) is 35.9 Å². The smallest absolute Gasteiger partial charge is 0.255 e. The molecular weight excluding hydrogens is 317 g/mol. The van der Waals surface area contributed by atoms with Gasteiger partial charge in [-0.3, -0.25) is 4.79 Å². The Morgan fingerprint density at radius 1 is 0.920 bits per heavy atom. The van der Waals surface area contributed by atoms with Gasteiger partial charge in [0.2, 0.25) is 0 Å². The summed E-state index contributed by atoms with van der Waals surface area (Å²) in [7, 11) is 0. The van der Waals surface area contributed by atoms with E-state index in [0.29, 0.717) is 17.9 Å². The van der Waals surface area contributed by atoms with Crippen molar-refractivity contribution < 1.29 is 13.9 Å². The van der Waals surface area contributed by atoms with E-state index in [1.165, 1.54) is 17.7 Å². The van der Waals surface area contributed by atoms with Crippen LogP contribution in [0.5, 0.6) is 5.75 Å². The predicted octanol–water partition coefficient (Wildman–Crippen LogP) is 4.70. The first-order valence-corrected chi connectivity index (χ1v) is 8.05. The van der Waals surface area contributed by atoms with Gasteiger partial charge in [-0.25, -0.2) is 4.39 Å². The van der Waals surface area contributed by atoms with Crippen LogP contribution in [0.15, 0.2) is 78.9 Å². The molecule has 0 saturated heterocycles. The van der Waals surface area contributed by atoms with Gasteiger partial charge in [0.05, 0.1) is 12.3 Å². The number of hydrogen-bond donors (Lipinski definition) is 1. The maximum atomic E-state index is 13.6. The Kier molecular flexibility index (Phi) is 5.42. The van der Waals surface area contributed by atoms with Crippen molar-refractivity contribution in [1.29, 1.82) is 0 Å². The van der Waals surface area contributed by atoms with E-state index in [0.717, 1.165) is 6.42 Å². The molecule has 3 rings (SSSR count). The van der Waals surface area contributed by atoms with Gasteiger partial charge in [0, 0.05) is 12.0 Å². The van der Waals surface area contributed by atoms with Crippen LogP contribution in [-0.4, -0.2) is 12.5 Å². The highest BCUT2D eigenvalue weighted by Crippen LogP contribution is 2.17. The number of benzene rings is 3. The Bertz CT molecular complexity index is 849. The van der Waals surface area contributed by atoms with Crippen LogP contribution >= 0.6 is 0 Å². The van der Waals surface area contributed by atoms with Gasteiger partial charge in [-0.2, -0.15) is 0 Å². The first-order valence-electron chi connectivity index (χ1n) is 8.05. The van der Waals surface area contributed by atoms with Crippen molar-refractivity contribution in [3.8, 4) is 5.75 Å². The van der Waals surface area contributed by atoms with Crippen LogP contribution in [0.2, 0.25) is 0 Å². The summed E-state index contributed by atoms with van der Waals surface area (Å²) in [4.78, 5) is 12.3. The number of anilines is 1. The molecule has 0 fully saturated rings. The number of carbonyl (C=O) groups excluding carboxylic acids is 1. The van der Waals surface area contributed by atoms with Crippen LogP contribution in [0, 0.1) is 5.82 Å². The van der Waals surface area contributed by atoms with Gasteiger partial charge in [0.15, 0.2) is 0 Å². The monoisotopic (exact) mass is 335 g/mol. The minimum atomic E-state index is -0.467. The summed E-state index contributed by atoms with van der Waals surface area (Å²) in [6.07, 6.45) is 0.784. The zero-order chi connectivity index (χ0) is 17.5. The number of nitrogens with one attached hydrogen (secondary N) is 1. The molecule has 0 aliphatic rings. The molecule has 0 saturated carbocycles. The van der Waals surface area contributed by atoms with Crippen molar-refractivity contribution in [1.82, 2.24) is 0 Å². The standard InChI is InChI=1S/C21H18FNO2/c22-19-11-4-5-12-20(19)23-21(24)17-9-6-10-18(15-17)25-14-13-16-7-2-1-3-8-16/h1-12,15H,13-14H2,(H,23,24). The first-order chi connectivity index (χ1) is 12.2. The van der Waals surface area contributed by atoms with E-state index in [9.17, 15) is 9.18 Å². The lowest BCUT2D eigenvalue weighted by Gasteiger charge is -2.09. The van der Waals surface area contributed by atoms with Gasteiger partial charge in [0.25, 0.3) is 5.91 Å². The van der Waals surface area contributed by atoms with Gasteiger partial charge in [0.1, 0.15) is 11.6 Å². The summed E-state index contributed by atoms with van der Waals surface area (Å²) in [6.45, 7) is 0.516. The van der Waals surface area contributed by atoms with E-state index in [1.54, 1.807) is 36.4 Å². The third-order valence-electron chi connectivity index (χ3n) is 3.72. The summed E-state index contributed by atoms with van der Waals surface area (Å²) in [5, 5.41) is 2.57. The van der Waals surface area contributed by atoms with Crippen molar-refractivity contribution in [2.75, 3.05) is 11.9 Å². The molecule has 0 unspecified atom stereocenters. The molecule has 126 valence electrons. The summed E-state index contributed by atoms with van der Waals surface area (Å²) < 4.78 is 19.4. The summed E-state index contributed by atoms with van der Waals surface area (Å²) in [5.41, 5.74) is 1.76. The molecule has 0 heterocycles. The molecule has 0 aliphatic carbocycles. The molecule has 0 spiro atoms. The van der Waals surface area contributed by atoms with Crippen molar-refractivity contribution in [3.05, 3.63) is 95.8 Å². The minimum Gasteiger partial charge on any atom is -0.493 e. The van der Waals surface area contributed by atoms with Crippen LogP contribution in [-0.2, 0) is 6.42 Å². The number of rotatable bonds is 6. The average Bonchev–Trinajstić information content (AvgIpc) is 2.65. The molecule has 3 nitrogen and oxygen atoms in total. The van der Waals surface area contributed by atoms with Gasteiger partial charge in [-0.15, -0.1) is 0 Å². The lowest BCUT2D eigenvalue weighted by Crippen LogP contribution is -2.13. The molecule has 1 N–H and O–H groups in total. The third kappa shape index (κ3) is 4.67. The van der Waals surface area contributed by atoms with Crippen molar-refractivity contribution in [2.45, 2.75) is 6.42 Å². The topological polar surface area (TPSA) is 38.3 Å². The van der Waals surface area contributed by atoms with E-state index in [2.05, 4.69) is 5.32 Å². The zero-order valence-corrected chi connectivity index (χ0v) is 13.6. The van der Waals surface area contributed by atoms with Gasteiger partial charge < -0.3 is 10.1 Å². The molecule has 25 heavy (non-hydrogen) atoms. The Morgan fingerprint density at radius 2 is 1.68 bits per heavy atom. The molecule has 0 aliphatic heterocycles. The molecule has 0 atom stereocenters. The van der Waals surface area contributed by atoms with E-state index in [4.69, 9.17) is 4.74 Å². The summed E-state index contributed by atoms with van der Waals surface area (Å²) in [6, 6.07) is 23.0. The predicted molar refractivity (Wildman–Crippen MR) is 96.4 cm³/mol. The van der Waals surface area contributed by atoms with Crippen molar-refractivity contribution in [2.24, 2.45) is 0 Å². The Balaban J connectivity index is 1.61. The average molecular weight is 335 g/mol. The van der Waals surface area contributed by atoms with Crippen LogP contribution in [0.4, 0.5) is 10.1 Å². The lowest BCUT2D eigenvalue weighted by molar-refractivity contribution is 0.102. The highest BCUT2D eigenvalue weighted by atomic mass is 19.1. The highest BCUT2D eigenvalue weighted by molar-refractivity contribution is 6.04. The number of para-hydroxylation sites is 1. The fraction of sp³-hybridized carbons (Fsp3) is 0.0952. The molecule has 3 aromatic carbocycles. The van der Waals surface area contributed by atoms with E-state index in [-0.39, 0.29) is 11.6 Å². The largest absolute Gasteiger partial charge is 0.493 e. The molecule has 3 aromatic rings. The Morgan fingerprint density at radius 3 is 2.48 bits per heavy atom. The SMILES string of the molecule is O=C(Nc1ccccc1F)c1cccc(OCCc2ccccc2)c1. The van der Waals surface area contributed by atoms with Crippen LogP contribution < -0.4 is 10.1 Å². The number of carbonyl (C=O) groups is 1. The van der Waals surface area contributed by atoms with E-state index >= 15 is 0 Å². The second-order valence-corrected chi connectivity index (χ2v) is 5.55. The van der Waals surface area contributed by atoms with Crippen molar-refractivity contribution in [3.63, 3.8) is 0 Å². The second-order valence-electron chi connectivity index (χ2n) is 5.55. The molecule has 0 aromatic heterocycles. The Labute approximate surface area is 146 Å². The third-order valence-corrected chi connectivity index (χ3v) is 3.72. The van der Waals surface area contributed by atoms with Gasteiger partial charge >= 0.3 is 0 Å². The van der Waals surface area contributed by atoms with Crippen LogP contribution in [0.25, 0.3) is 0 Å². The zero-order valence-electron chi connectivity index (χ0n) is 13.6. The number of hydrogen-bond acceptors (Lipinski definition) is 2. The van der Waals surface area contributed by atoms with E-state index in [1.807, 2.05) is 30.3 Å². The molecule has 1 amide bonds. The van der Waals surface area contributed by atoms with Crippen LogP contribution in [0.1, 0.15) is 15.9 Å². The lowest BCUT2D eigenvalue weighted by atomic mass is 10.1. The van der Waals surface area contributed by atoms with E-state index < -0.39 is 5.82 Å². The summed E-state index contributed by atoms with van der Waals surface area (Å²) >= 11 is 0. The summed E-state index contributed by atoms with van der Waals surface area (Å²) in [5.74, 6) is -0.234. The maximum Gasteiger partial charge on any atom is 0.255 e. The number of amides is 1. The highest BCUT2D eigenvalue weighted by Gasteiger charge is 2.09. The number of halogens is 1. The first kappa shape index (κ1) is 16.7. The number of ether oxygens (including phenoxy) is 1. The maximum absolute atomic E-state index is 13.6. The minimum absolute atomic E-state index is 0.155. The molecule has 0 bridgehead atoms. The second kappa shape index (κ2) is 8.11. The quantitative estimate of drug-likeness (QED) is 0.709. The normalized spacial score (nSPS) is 10.3. The Hall–Kier alpha value is -3.14. The fourth-order valence-corrected chi connectivity index (χ4v) is 2.42. The fourth-order valence-electron chi connectivity index (χ4n) is 2.42. The molecular formula is C21H18FNO2. The molecule has 4 heteroatoms.